The summed E-state index contributed by atoms with van der Waals surface area (Å²) in [6, 6.07) is 0. The van der Waals surface area contributed by atoms with E-state index in [1.54, 1.807) is 11.6 Å². The molecule has 0 bridgehead atoms. The molecule has 0 saturated heterocycles. The molecule has 0 fully saturated rings. The average molecular weight is 294 g/mol. The first-order valence-corrected chi connectivity index (χ1v) is 6.96. The van der Waals surface area contributed by atoms with Crippen molar-refractivity contribution < 1.29 is 4.92 Å². The van der Waals surface area contributed by atoms with Gasteiger partial charge < -0.3 is 10.2 Å². The van der Waals surface area contributed by atoms with Crippen molar-refractivity contribution in [1.29, 1.82) is 0 Å². The van der Waals surface area contributed by atoms with E-state index < -0.39 is 4.92 Å². The van der Waals surface area contributed by atoms with Crippen LogP contribution in [0.1, 0.15) is 13.8 Å². The van der Waals surface area contributed by atoms with Crippen LogP contribution in [0.5, 0.6) is 0 Å². The maximum atomic E-state index is 11.3. The Morgan fingerprint density at radius 3 is 2.65 bits per heavy atom. The van der Waals surface area contributed by atoms with Crippen molar-refractivity contribution >= 4 is 33.8 Å². The first kappa shape index (κ1) is 14.1. The lowest BCUT2D eigenvalue weighted by Gasteiger charge is -2.19. The molecule has 0 radical (unpaired) electrons. The number of nitrogens with zero attached hydrogens (tertiary/aromatic N) is 5. The SMILES string of the molecule is CCN(CC)c1ncnc(Nc2nccs2)c1[N+](=O)[O-]. The molecule has 0 aliphatic carbocycles. The van der Waals surface area contributed by atoms with Gasteiger partial charge in [-0.25, -0.2) is 15.0 Å². The van der Waals surface area contributed by atoms with Gasteiger partial charge in [0.05, 0.1) is 4.92 Å². The van der Waals surface area contributed by atoms with E-state index in [1.165, 1.54) is 17.7 Å². The third-order valence-electron chi connectivity index (χ3n) is 2.71. The van der Waals surface area contributed by atoms with E-state index in [-0.39, 0.29) is 11.5 Å². The summed E-state index contributed by atoms with van der Waals surface area (Å²) < 4.78 is 0. The van der Waals surface area contributed by atoms with Crippen LogP contribution in [0.2, 0.25) is 0 Å². The van der Waals surface area contributed by atoms with E-state index in [0.717, 1.165) is 0 Å². The number of hydrogen-bond acceptors (Lipinski definition) is 8. The van der Waals surface area contributed by atoms with Crippen molar-refractivity contribution in [2.24, 2.45) is 0 Å². The standard InChI is InChI=1S/C11H14N6O2S/c1-3-16(4-2)10-8(17(18)19)9(13-7-14-10)15-11-12-5-6-20-11/h5-7H,3-4H2,1-2H3,(H,12,13,14,15). The number of hydrogen-bond donors (Lipinski definition) is 1. The second kappa shape index (κ2) is 6.24. The minimum atomic E-state index is -0.469. The highest BCUT2D eigenvalue weighted by atomic mass is 32.1. The summed E-state index contributed by atoms with van der Waals surface area (Å²) in [4.78, 5) is 24.7. The van der Waals surface area contributed by atoms with Crippen LogP contribution in [-0.4, -0.2) is 33.0 Å². The van der Waals surface area contributed by atoms with Crippen molar-refractivity contribution in [1.82, 2.24) is 15.0 Å². The highest BCUT2D eigenvalue weighted by Crippen LogP contribution is 2.33. The Hall–Kier alpha value is -2.29. The van der Waals surface area contributed by atoms with Crippen LogP contribution in [0, 0.1) is 10.1 Å². The lowest BCUT2D eigenvalue weighted by molar-refractivity contribution is -0.383. The van der Waals surface area contributed by atoms with Crippen molar-refractivity contribution in [3.05, 3.63) is 28.0 Å². The molecule has 106 valence electrons. The topological polar surface area (TPSA) is 97.1 Å². The third-order valence-corrected chi connectivity index (χ3v) is 3.39. The maximum absolute atomic E-state index is 11.3. The van der Waals surface area contributed by atoms with Crippen LogP contribution in [0.25, 0.3) is 0 Å². The second-order valence-electron chi connectivity index (χ2n) is 3.79. The lowest BCUT2D eigenvalue weighted by Crippen LogP contribution is -2.24. The molecule has 8 nitrogen and oxygen atoms in total. The fourth-order valence-corrected chi connectivity index (χ4v) is 2.30. The van der Waals surface area contributed by atoms with Crippen molar-refractivity contribution in [2.45, 2.75) is 13.8 Å². The summed E-state index contributed by atoms with van der Waals surface area (Å²) >= 11 is 1.35. The fourth-order valence-electron chi connectivity index (χ4n) is 1.77. The van der Waals surface area contributed by atoms with Gasteiger partial charge in [0.1, 0.15) is 6.33 Å². The van der Waals surface area contributed by atoms with Gasteiger partial charge in [-0.15, -0.1) is 11.3 Å². The van der Waals surface area contributed by atoms with Crippen LogP contribution >= 0.6 is 11.3 Å². The van der Waals surface area contributed by atoms with Gasteiger partial charge in [0, 0.05) is 24.7 Å². The summed E-state index contributed by atoms with van der Waals surface area (Å²) in [6.45, 7) is 5.10. The Kier molecular flexibility index (Phi) is 4.41. The summed E-state index contributed by atoms with van der Waals surface area (Å²) in [7, 11) is 0. The highest BCUT2D eigenvalue weighted by molar-refractivity contribution is 7.13. The van der Waals surface area contributed by atoms with Crippen LogP contribution in [0.15, 0.2) is 17.9 Å². The highest BCUT2D eigenvalue weighted by Gasteiger charge is 2.26. The Morgan fingerprint density at radius 1 is 1.35 bits per heavy atom. The Morgan fingerprint density at radius 2 is 2.10 bits per heavy atom. The molecule has 0 atom stereocenters. The average Bonchev–Trinajstić information content (AvgIpc) is 2.93. The summed E-state index contributed by atoms with van der Waals surface area (Å²) in [5.41, 5.74) is -0.133. The van der Waals surface area contributed by atoms with Gasteiger partial charge in [-0.1, -0.05) is 0 Å². The minimum absolute atomic E-state index is 0.133. The fraction of sp³-hybridized carbons (Fsp3) is 0.364. The predicted octanol–water partition coefficient (Wildman–Crippen LogP) is 2.43. The molecule has 20 heavy (non-hydrogen) atoms. The molecule has 2 heterocycles. The number of nitro groups is 1. The molecule has 0 amide bonds. The third kappa shape index (κ3) is 2.82. The van der Waals surface area contributed by atoms with E-state index in [0.29, 0.717) is 24.0 Å². The van der Waals surface area contributed by atoms with E-state index in [9.17, 15) is 10.1 Å². The molecule has 0 unspecified atom stereocenters. The molecule has 2 aromatic rings. The zero-order valence-electron chi connectivity index (χ0n) is 11.1. The zero-order valence-corrected chi connectivity index (χ0v) is 11.9. The maximum Gasteiger partial charge on any atom is 0.353 e. The number of aromatic nitrogens is 3. The zero-order chi connectivity index (χ0) is 14.5. The Bertz CT molecular complexity index is 585. The van der Waals surface area contributed by atoms with Gasteiger partial charge in [-0.2, -0.15) is 0 Å². The second-order valence-corrected chi connectivity index (χ2v) is 4.68. The molecular weight excluding hydrogens is 280 g/mol. The molecule has 9 heteroatoms. The monoisotopic (exact) mass is 294 g/mol. The summed E-state index contributed by atoms with van der Waals surface area (Å²) in [6.07, 6.45) is 2.93. The van der Waals surface area contributed by atoms with Crippen LogP contribution in [-0.2, 0) is 0 Å². The number of anilines is 3. The van der Waals surface area contributed by atoms with Crippen molar-refractivity contribution in [3.8, 4) is 0 Å². The Balaban J connectivity index is 2.46. The van der Waals surface area contributed by atoms with Gasteiger partial charge in [0.15, 0.2) is 5.13 Å². The molecule has 2 rings (SSSR count). The Labute approximate surface area is 119 Å². The predicted molar refractivity (Wildman–Crippen MR) is 77.6 cm³/mol. The van der Waals surface area contributed by atoms with Crippen LogP contribution < -0.4 is 10.2 Å². The smallest absolute Gasteiger partial charge is 0.351 e. The largest absolute Gasteiger partial charge is 0.353 e. The van der Waals surface area contributed by atoms with E-state index in [1.807, 2.05) is 18.7 Å². The van der Waals surface area contributed by atoms with E-state index in [2.05, 4.69) is 20.3 Å². The molecule has 0 aliphatic rings. The van der Waals surface area contributed by atoms with Crippen molar-refractivity contribution in [2.75, 3.05) is 23.3 Å². The molecule has 0 spiro atoms. The van der Waals surface area contributed by atoms with Gasteiger partial charge in [-0.3, -0.25) is 10.1 Å². The van der Waals surface area contributed by atoms with Gasteiger partial charge in [0.2, 0.25) is 11.6 Å². The number of nitrogens with one attached hydrogen (secondary N) is 1. The first-order chi connectivity index (χ1) is 9.67. The summed E-state index contributed by atoms with van der Waals surface area (Å²) in [5, 5.41) is 16.5. The molecule has 1 N–H and O–H groups in total. The molecule has 0 aromatic carbocycles. The van der Waals surface area contributed by atoms with Crippen LogP contribution in [0.3, 0.4) is 0 Å². The molecule has 2 aromatic heterocycles. The molecule has 0 saturated carbocycles. The van der Waals surface area contributed by atoms with Gasteiger partial charge >= 0.3 is 5.69 Å². The lowest BCUT2D eigenvalue weighted by atomic mass is 10.3. The number of thiazole rings is 1. The molecule has 0 aliphatic heterocycles. The first-order valence-electron chi connectivity index (χ1n) is 6.08. The quantitative estimate of drug-likeness (QED) is 0.645. The summed E-state index contributed by atoms with van der Waals surface area (Å²) in [5.74, 6) is 0.468. The van der Waals surface area contributed by atoms with Crippen molar-refractivity contribution in [3.63, 3.8) is 0 Å². The minimum Gasteiger partial charge on any atom is -0.351 e. The van der Waals surface area contributed by atoms with Gasteiger partial charge in [-0.05, 0) is 13.8 Å². The number of rotatable bonds is 6. The normalized spacial score (nSPS) is 10.3. The van der Waals surface area contributed by atoms with E-state index in [4.69, 9.17) is 0 Å². The van der Waals surface area contributed by atoms with Crippen LogP contribution in [0.4, 0.5) is 22.5 Å². The van der Waals surface area contributed by atoms with E-state index >= 15 is 0 Å². The molecular formula is C11H14N6O2S. The van der Waals surface area contributed by atoms with Gasteiger partial charge in [0.25, 0.3) is 0 Å².